The molecular formula is C16H12N2O3. The molecule has 0 aliphatic carbocycles. The number of aromatic hydroxyl groups is 2. The summed E-state index contributed by atoms with van der Waals surface area (Å²) in [5.74, 6) is 0.858. The van der Waals surface area contributed by atoms with Crippen LogP contribution in [0.25, 0.3) is 23.6 Å². The molecule has 21 heavy (non-hydrogen) atoms. The molecule has 0 aliphatic rings. The van der Waals surface area contributed by atoms with E-state index >= 15 is 0 Å². The molecule has 0 bridgehead atoms. The van der Waals surface area contributed by atoms with Crippen LogP contribution in [-0.2, 0) is 0 Å². The Morgan fingerprint density at radius 3 is 2.33 bits per heavy atom. The van der Waals surface area contributed by atoms with Crippen LogP contribution in [0.15, 0.2) is 53.1 Å². The predicted molar refractivity (Wildman–Crippen MR) is 78.4 cm³/mol. The van der Waals surface area contributed by atoms with Crippen molar-refractivity contribution in [1.82, 2.24) is 10.1 Å². The second-order valence-electron chi connectivity index (χ2n) is 4.37. The first-order valence-corrected chi connectivity index (χ1v) is 6.32. The SMILES string of the molecule is Oc1ccccc1/C=C/c1noc(-c2ccccc2O)n1. The molecule has 0 aliphatic heterocycles. The Labute approximate surface area is 120 Å². The summed E-state index contributed by atoms with van der Waals surface area (Å²) in [4.78, 5) is 4.18. The van der Waals surface area contributed by atoms with Gasteiger partial charge >= 0.3 is 0 Å². The molecule has 0 fully saturated rings. The zero-order valence-corrected chi connectivity index (χ0v) is 11.0. The number of rotatable bonds is 3. The van der Waals surface area contributed by atoms with E-state index in [0.717, 1.165) is 0 Å². The Kier molecular flexibility index (Phi) is 3.39. The summed E-state index contributed by atoms with van der Waals surface area (Å²) in [5.41, 5.74) is 1.14. The molecule has 0 saturated carbocycles. The van der Waals surface area contributed by atoms with Gasteiger partial charge in [-0.15, -0.1) is 0 Å². The first-order chi connectivity index (χ1) is 10.2. The van der Waals surface area contributed by atoms with Crippen LogP contribution < -0.4 is 0 Å². The van der Waals surface area contributed by atoms with Crippen LogP contribution in [-0.4, -0.2) is 20.4 Å². The molecule has 5 nitrogen and oxygen atoms in total. The highest BCUT2D eigenvalue weighted by atomic mass is 16.5. The Bertz CT molecular complexity index is 793. The summed E-state index contributed by atoms with van der Waals surface area (Å²) in [5, 5.41) is 23.2. The minimum absolute atomic E-state index is 0.0809. The van der Waals surface area contributed by atoms with Gasteiger partial charge in [-0.1, -0.05) is 35.5 Å². The van der Waals surface area contributed by atoms with E-state index in [4.69, 9.17) is 4.52 Å². The van der Waals surface area contributed by atoms with E-state index in [1.165, 1.54) is 0 Å². The molecule has 2 aromatic carbocycles. The van der Waals surface area contributed by atoms with Gasteiger partial charge in [0.2, 0.25) is 0 Å². The Morgan fingerprint density at radius 1 is 0.857 bits per heavy atom. The lowest BCUT2D eigenvalue weighted by atomic mass is 10.2. The third-order valence-electron chi connectivity index (χ3n) is 2.92. The van der Waals surface area contributed by atoms with Crippen LogP contribution >= 0.6 is 0 Å². The summed E-state index contributed by atoms with van der Waals surface area (Å²) in [7, 11) is 0. The highest BCUT2D eigenvalue weighted by Crippen LogP contribution is 2.27. The van der Waals surface area contributed by atoms with E-state index in [1.807, 2.05) is 6.07 Å². The van der Waals surface area contributed by atoms with Crippen LogP contribution in [0.5, 0.6) is 11.5 Å². The number of phenolic OH excluding ortho intramolecular Hbond substituents is 2. The van der Waals surface area contributed by atoms with Gasteiger partial charge in [0.05, 0.1) is 5.56 Å². The monoisotopic (exact) mass is 280 g/mol. The molecule has 3 aromatic rings. The summed E-state index contributed by atoms with van der Waals surface area (Å²) in [6, 6.07) is 13.7. The van der Waals surface area contributed by atoms with E-state index in [1.54, 1.807) is 54.6 Å². The van der Waals surface area contributed by atoms with E-state index in [0.29, 0.717) is 17.0 Å². The van der Waals surface area contributed by atoms with Crippen LogP contribution in [0.1, 0.15) is 11.4 Å². The molecule has 0 spiro atoms. The molecule has 1 heterocycles. The average Bonchev–Trinajstić information content (AvgIpc) is 2.96. The molecule has 0 saturated heterocycles. The lowest BCUT2D eigenvalue weighted by molar-refractivity contribution is 0.423. The largest absolute Gasteiger partial charge is 0.507 e. The lowest BCUT2D eigenvalue weighted by Crippen LogP contribution is -1.79. The van der Waals surface area contributed by atoms with Crippen molar-refractivity contribution in [2.75, 3.05) is 0 Å². The number of benzene rings is 2. The summed E-state index contributed by atoms with van der Waals surface area (Å²) in [6.07, 6.45) is 3.32. The molecule has 104 valence electrons. The van der Waals surface area contributed by atoms with E-state index in [-0.39, 0.29) is 17.4 Å². The van der Waals surface area contributed by atoms with Gasteiger partial charge < -0.3 is 14.7 Å². The zero-order valence-electron chi connectivity index (χ0n) is 11.0. The summed E-state index contributed by atoms with van der Waals surface area (Å²) >= 11 is 0. The van der Waals surface area contributed by atoms with Crippen LogP contribution in [0.2, 0.25) is 0 Å². The molecular weight excluding hydrogens is 268 g/mol. The van der Waals surface area contributed by atoms with Crippen molar-refractivity contribution in [2.45, 2.75) is 0 Å². The van der Waals surface area contributed by atoms with Crippen molar-refractivity contribution >= 4 is 12.2 Å². The van der Waals surface area contributed by atoms with Crippen molar-refractivity contribution in [2.24, 2.45) is 0 Å². The van der Waals surface area contributed by atoms with Gasteiger partial charge in [-0.25, -0.2) is 0 Å². The fraction of sp³-hybridized carbons (Fsp3) is 0. The number of aromatic nitrogens is 2. The number of hydrogen-bond acceptors (Lipinski definition) is 5. The molecule has 0 atom stereocenters. The minimum atomic E-state index is 0.0809. The maximum absolute atomic E-state index is 9.74. The third kappa shape index (κ3) is 2.76. The third-order valence-corrected chi connectivity index (χ3v) is 2.92. The smallest absolute Gasteiger partial charge is 0.261 e. The summed E-state index contributed by atoms with van der Waals surface area (Å²) in [6.45, 7) is 0. The molecule has 1 aromatic heterocycles. The highest BCUT2D eigenvalue weighted by molar-refractivity contribution is 5.70. The lowest BCUT2D eigenvalue weighted by Gasteiger charge is -1.96. The van der Waals surface area contributed by atoms with Crippen LogP contribution in [0.3, 0.4) is 0 Å². The van der Waals surface area contributed by atoms with Crippen molar-refractivity contribution in [1.29, 1.82) is 0 Å². The first-order valence-electron chi connectivity index (χ1n) is 6.32. The Morgan fingerprint density at radius 2 is 1.57 bits per heavy atom. The highest BCUT2D eigenvalue weighted by Gasteiger charge is 2.10. The number of phenols is 2. The van der Waals surface area contributed by atoms with Gasteiger partial charge in [0.1, 0.15) is 11.5 Å². The number of nitrogens with zero attached hydrogens (tertiary/aromatic N) is 2. The molecule has 5 heteroatoms. The van der Waals surface area contributed by atoms with Gasteiger partial charge in [0.25, 0.3) is 5.89 Å². The van der Waals surface area contributed by atoms with E-state index in [9.17, 15) is 10.2 Å². The minimum Gasteiger partial charge on any atom is -0.507 e. The van der Waals surface area contributed by atoms with Gasteiger partial charge in [-0.05, 0) is 30.4 Å². The predicted octanol–water partition coefficient (Wildman–Crippen LogP) is 3.32. The van der Waals surface area contributed by atoms with Crippen molar-refractivity contribution in [3.8, 4) is 23.0 Å². The van der Waals surface area contributed by atoms with Gasteiger partial charge in [-0.3, -0.25) is 0 Å². The molecule has 3 rings (SSSR count). The van der Waals surface area contributed by atoms with Crippen molar-refractivity contribution < 1.29 is 14.7 Å². The Hall–Kier alpha value is -3.08. The normalized spacial score (nSPS) is 11.0. The maximum Gasteiger partial charge on any atom is 0.261 e. The maximum atomic E-state index is 9.74. The van der Waals surface area contributed by atoms with E-state index in [2.05, 4.69) is 10.1 Å². The van der Waals surface area contributed by atoms with Crippen molar-refractivity contribution in [3.63, 3.8) is 0 Å². The number of hydrogen-bond donors (Lipinski definition) is 2. The van der Waals surface area contributed by atoms with Crippen LogP contribution in [0, 0.1) is 0 Å². The fourth-order valence-corrected chi connectivity index (χ4v) is 1.86. The van der Waals surface area contributed by atoms with Gasteiger partial charge in [0, 0.05) is 5.56 Å². The standard InChI is InChI=1S/C16H12N2O3/c19-13-7-3-1-5-11(13)9-10-15-17-16(21-18-15)12-6-2-4-8-14(12)20/h1-10,19-20H/b10-9+. The second-order valence-corrected chi connectivity index (χ2v) is 4.37. The van der Waals surface area contributed by atoms with Crippen molar-refractivity contribution in [3.05, 3.63) is 59.9 Å². The molecule has 0 amide bonds. The molecule has 0 radical (unpaired) electrons. The fourth-order valence-electron chi connectivity index (χ4n) is 1.86. The quantitative estimate of drug-likeness (QED) is 0.769. The topological polar surface area (TPSA) is 79.4 Å². The van der Waals surface area contributed by atoms with Gasteiger partial charge in [-0.2, -0.15) is 4.98 Å². The molecule has 2 N–H and O–H groups in total. The summed E-state index contributed by atoms with van der Waals surface area (Å²) < 4.78 is 5.12. The first kappa shape index (κ1) is 12.9. The molecule has 0 unspecified atom stereocenters. The second kappa shape index (κ2) is 5.50. The van der Waals surface area contributed by atoms with E-state index < -0.39 is 0 Å². The zero-order chi connectivity index (χ0) is 14.7. The Balaban J connectivity index is 1.86. The van der Waals surface area contributed by atoms with Crippen LogP contribution in [0.4, 0.5) is 0 Å². The average molecular weight is 280 g/mol. The van der Waals surface area contributed by atoms with Gasteiger partial charge in [0.15, 0.2) is 5.82 Å². The number of para-hydroxylation sites is 2.